The summed E-state index contributed by atoms with van der Waals surface area (Å²) < 4.78 is 5.52. The molecule has 0 aliphatic rings. The fourth-order valence-electron chi connectivity index (χ4n) is 1.75. The highest BCUT2D eigenvalue weighted by Crippen LogP contribution is 2.09. The Bertz CT molecular complexity index is 351. The van der Waals surface area contributed by atoms with Crippen molar-refractivity contribution in [2.24, 2.45) is 0 Å². The number of para-hydroxylation sites is 1. The molecule has 0 heterocycles. The van der Waals surface area contributed by atoms with E-state index in [1.165, 1.54) is 0 Å². The average molecular weight is 249 g/mol. The van der Waals surface area contributed by atoms with Gasteiger partial charge in [-0.05, 0) is 25.6 Å². The van der Waals surface area contributed by atoms with Crippen LogP contribution in [0, 0.1) is 0 Å². The Morgan fingerprint density at radius 2 is 2.06 bits per heavy atom. The van der Waals surface area contributed by atoms with Crippen LogP contribution in [0.4, 0.5) is 0 Å². The van der Waals surface area contributed by atoms with Crippen LogP contribution in [0.5, 0.6) is 5.75 Å². The lowest BCUT2D eigenvalue weighted by Gasteiger charge is -2.23. The molecule has 18 heavy (non-hydrogen) atoms. The molecule has 1 aromatic rings. The lowest BCUT2D eigenvalue weighted by atomic mass is 10.2. The third kappa shape index (κ3) is 5.84. The van der Waals surface area contributed by atoms with Gasteiger partial charge in [-0.3, -0.25) is 4.90 Å². The number of nitrogens with zero attached hydrogens (tertiary/aromatic N) is 1. The Balaban J connectivity index is 2.32. The first-order chi connectivity index (χ1) is 8.61. The SMILES string of the molecule is C=C(C)CN(CC)C[C@@H](O)COc1ccccc1. The van der Waals surface area contributed by atoms with Crippen LogP contribution in [-0.2, 0) is 0 Å². The van der Waals surface area contributed by atoms with E-state index in [1.54, 1.807) is 0 Å². The van der Waals surface area contributed by atoms with Crippen LogP contribution in [0.2, 0.25) is 0 Å². The minimum absolute atomic E-state index is 0.316. The van der Waals surface area contributed by atoms with Crippen LogP contribution >= 0.6 is 0 Å². The zero-order chi connectivity index (χ0) is 13.4. The van der Waals surface area contributed by atoms with Gasteiger partial charge in [-0.15, -0.1) is 0 Å². The second-order valence-corrected chi connectivity index (χ2v) is 4.56. The van der Waals surface area contributed by atoms with Crippen LogP contribution in [0.25, 0.3) is 0 Å². The summed E-state index contributed by atoms with van der Waals surface area (Å²) in [6, 6.07) is 9.55. The summed E-state index contributed by atoms with van der Waals surface area (Å²) in [5.74, 6) is 0.791. The molecule has 1 N–H and O–H groups in total. The molecule has 0 radical (unpaired) electrons. The van der Waals surface area contributed by atoms with Gasteiger partial charge in [0.25, 0.3) is 0 Å². The molecule has 0 aliphatic heterocycles. The summed E-state index contributed by atoms with van der Waals surface area (Å²) in [6.07, 6.45) is -0.482. The van der Waals surface area contributed by atoms with E-state index in [2.05, 4.69) is 18.4 Å². The van der Waals surface area contributed by atoms with Crippen molar-refractivity contribution in [3.8, 4) is 5.75 Å². The van der Waals surface area contributed by atoms with Crippen LogP contribution in [0.1, 0.15) is 13.8 Å². The molecule has 1 atom stereocenters. The van der Waals surface area contributed by atoms with E-state index in [9.17, 15) is 5.11 Å². The van der Waals surface area contributed by atoms with Crippen molar-refractivity contribution in [1.29, 1.82) is 0 Å². The monoisotopic (exact) mass is 249 g/mol. The number of aliphatic hydroxyl groups excluding tert-OH is 1. The van der Waals surface area contributed by atoms with Gasteiger partial charge < -0.3 is 9.84 Å². The number of hydrogen-bond acceptors (Lipinski definition) is 3. The van der Waals surface area contributed by atoms with Crippen molar-refractivity contribution in [3.05, 3.63) is 42.5 Å². The Kier molecular flexibility index (Phi) is 6.47. The summed E-state index contributed by atoms with van der Waals surface area (Å²) in [7, 11) is 0. The van der Waals surface area contributed by atoms with E-state index >= 15 is 0 Å². The molecule has 0 aromatic heterocycles. The van der Waals surface area contributed by atoms with Crippen molar-refractivity contribution >= 4 is 0 Å². The minimum atomic E-state index is -0.482. The topological polar surface area (TPSA) is 32.7 Å². The molecule has 0 aliphatic carbocycles. The first-order valence-electron chi connectivity index (χ1n) is 6.34. The quantitative estimate of drug-likeness (QED) is 0.718. The van der Waals surface area contributed by atoms with E-state index in [-0.39, 0.29) is 0 Å². The van der Waals surface area contributed by atoms with E-state index in [4.69, 9.17) is 4.74 Å². The summed E-state index contributed by atoms with van der Waals surface area (Å²) in [5.41, 5.74) is 1.10. The van der Waals surface area contributed by atoms with Crippen LogP contribution < -0.4 is 4.74 Å². The van der Waals surface area contributed by atoms with Crippen molar-refractivity contribution in [2.75, 3.05) is 26.2 Å². The molecule has 3 heteroatoms. The maximum Gasteiger partial charge on any atom is 0.119 e. The third-order valence-corrected chi connectivity index (χ3v) is 2.60. The smallest absolute Gasteiger partial charge is 0.119 e. The molecular weight excluding hydrogens is 226 g/mol. The molecule has 100 valence electrons. The molecule has 0 saturated heterocycles. The van der Waals surface area contributed by atoms with Gasteiger partial charge in [0.2, 0.25) is 0 Å². The predicted octanol–water partition coefficient (Wildman–Crippen LogP) is 2.32. The van der Waals surface area contributed by atoms with E-state index in [1.807, 2.05) is 37.3 Å². The molecule has 0 fully saturated rings. The Morgan fingerprint density at radius 1 is 1.39 bits per heavy atom. The third-order valence-electron chi connectivity index (χ3n) is 2.60. The fraction of sp³-hybridized carbons (Fsp3) is 0.467. The number of hydrogen-bond donors (Lipinski definition) is 1. The van der Waals surface area contributed by atoms with Gasteiger partial charge >= 0.3 is 0 Å². The van der Waals surface area contributed by atoms with Gasteiger partial charge in [0.1, 0.15) is 18.5 Å². The Hall–Kier alpha value is -1.32. The highest BCUT2D eigenvalue weighted by atomic mass is 16.5. The summed E-state index contributed by atoms with van der Waals surface area (Å²) in [6.45, 7) is 10.6. The second-order valence-electron chi connectivity index (χ2n) is 4.56. The van der Waals surface area contributed by atoms with E-state index in [0.717, 1.165) is 24.4 Å². The molecular formula is C15H23NO2. The molecule has 0 spiro atoms. The molecule has 0 bridgehead atoms. The number of likely N-dealkylation sites (N-methyl/N-ethyl adjacent to an activating group) is 1. The van der Waals surface area contributed by atoms with Crippen molar-refractivity contribution in [2.45, 2.75) is 20.0 Å². The zero-order valence-electron chi connectivity index (χ0n) is 11.3. The average Bonchev–Trinajstić information content (AvgIpc) is 2.36. The van der Waals surface area contributed by atoms with Gasteiger partial charge in [0, 0.05) is 13.1 Å². The van der Waals surface area contributed by atoms with Gasteiger partial charge in [0.15, 0.2) is 0 Å². The van der Waals surface area contributed by atoms with E-state index in [0.29, 0.717) is 13.2 Å². The molecule has 0 unspecified atom stereocenters. The van der Waals surface area contributed by atoms with Gasteiger partial charge in [-0.1, -0.05) is 37.3 Å². The van der Waals surface area contributed by atoms with Crippen molar-refractivity contribution in [3.63, 3.8) is 0 Å². The number of benzene rings is 1. The molecule has 0 amide bonds. The van der Waals surface area contributed by atoms with Crippen LogP contribution in [-0.4, -0.2) is 42.4 Å². The lowest BCUT2D eigenvalue weighted by molar-refractivity contribution is 0.0728. The minimum Gasteiger partial charge on any atom is -0.491 e. The molecule has 1 rings (SSSR count). The maximum atomic E-state index is 9.93. The first-order valence-corrected chi connectivity index (χ1v) is 6.34. The number of rotatable bonds is 8. The first kappa shape index (κ1) is 14.7. The van der Waals surface area contributed by atoms with Gasteiger partial charge in [0.05, 0.1) is 0 Å². The Morgan fingerprint density at radius 3 is 2.61 bits per heavy atom. The number of aliphatic hydroxyl groups is 1. The van der Waals surface area contributed by atoms with Gasteiger partial charge in [-0.25, -0.2) is 0 Å². The zero-order valence-corrected chi connectivity index (χ0v) is 11.3. The fourth-order valence-corrected chi connectivity index (χ4v) is 1.75. The largest absolute Gasteiger partial charge is 0.491 e. The molecule has 0 saturated carbocycles. The molecule has 1 aromatic carbocycles. The van der Waals surface area contributed by atoms with E-state index < -0.39 is 6.10 Å². The standard InChI is InChI=1S/C15H23NO2/c1-4-16(10-13(2)3)11-14(17)12-18-15-8-6-5-7-9-15/h5-9,14,17H,2,4,10-12H2,1,3H3/t14-/m1/s1. The summed E-state index contributed by atoms with van der Waals surface area (Å²) in [4.78, 5) is 2.15. The summed E-state index contributed by atoms with van der Waals surface area (Å²) in [5, 5.41) is 9.93. The van der Waals surface area contributed by atoms with Gasteiger partial charge in [-0.2, -0.15) is 0 Å². The maximum absolute atomic E-state index is 9.93. The Labute approximate surface area is 110 Å². The normalized spacial score (nSPS) is 12.4. The van der Waals surface area contributed by atoms with Crippen molar-refractivity contribution in [1.82, 2.24) is 4.90 Å². The molecule has 3 nitrogen and oxygen atoms in total. The van der Waals surface area contributed by atoms with Crippen LogP contribution in [0.3, 0.4) is 0 Å². The number of ether oxygens (including phenoxy) is 1. The predicted molar refractivity (Wildman–Crippen MR) is 74.9 cm³/mol. The highest BCUT2D eigenvalue weighted by molar-refractivity contribution is 5.20. The second kappa shape index (κ2) is 7.90. The van der Waals surface area contributed by atoms with Crippen molar-refractivity contribution < 1.29 is 9.84 Å². The van der Waals surface area contributed by atoms with Crippen LogP contribution in [0.15, 0.2) is 42.5 Å². The summed E-state index contributed by atoms with van der Waals surface area (Å²) >= 11 is 0. The lowest BCUT2D eigenvalue weighted by Crippen LogP contribution is -2.36. The highest BCUT2D eigenvalue weighted by Gasteiger charge is 2.11.